The molecule has 1 aliphatic heterocycles. The van der Waals surface area contributed by atoms with Gasteiger partial charge in [-0.1, -0.05) is 13.5 Å². The first-order valence-corrected chi connectivity index (χ1v) is 4.76. The number of aliphatic hydroxyl groups is 2. The van der Waals surface area contributed by atoms with E-state index in [-0.39, 0.29) is 12.7 Å². The van der Waals surface area contributed by atoms with Crippen molar-refractivity contribution < 1.29 is 14.9 Å². The third-order valence-electron chi connectivity index (χ3n) is 3.20. The van der Waals surface area contributed by atoms with Crippen LogP contribution in [0, 0.1) is 5.92 Å². The molecular weight excluding hydrogens is 168 g/mol. The van der Waals surface area contributed by atoms with E-state index >= 15 is 0 Å². The van der Waals surface area contributed by atoms with Crippen LogP contribution in [-0.4, -0.2) is 34.6 Å². The van der Waals surface area contributed by atoms with E-state index in [0.29, 0.717) is 5.92 Å². The van der Waals surface area contributed by atoms with E-state index in [0.717, 1.165) is 18.4 Å². The maximum absolute atomic E-state index is 9.68. The minimum atomic E-state index is -0.458. The fourth-order valence-electron chi connectivity index (χ4n) is 2.40. The summed E-state index contributed by atoms with van der Waals surface area (Å²) in [5.41, 5.74) is 0.357. The van der Waals surface area contributed by atoms with Gasteiger partial charge in [0.2, 0.25) is 0 Å². The van der Waals surface area contributed by atoms with Crippen molar-refractivity contribution in [1.82, 2.24) is 0 Å². The average molecular weight is 184 g/mol. The Bertz CT molecular complexity index is 238. The van der Waals surface area contributed by atoms with Gasteiger partial charge in [0.1, 0.15) is 11.7 Å². The lowest BCUT2D eigenvalue weighted by molar-refractivity contribution is 0.115. The SMILES string of the molecule is C=C1C(O)C[C@H](C)CC12OC2CO. The standard InChI is InChI=1S/C10H16O3/c1-6-3-8(12)7(2)10(4-6)9(5-11)13-10/h6,8-9,11-12H,2-5H2,1H3/t6-,8?,9?,10?/m0/s1. The van der Waals surface area contributed by atoms with Crippen molar-refractivity contribution in [3.05, 3.63) is 12.2 Å². The molecule has 2 fully saturated rings. The molecule has 1 spiro atoms. The molecule has 2 N–H and O–H groups in total. The van der Waals surface area contributed by atoms with Crippen molar-refractivity contribution in [3.63, 3.8) is 0 Å². The summed E-state index contributed by atoms with van der Waals surface area (Å²) >= 11 is 0. The maximum Gasteiger partial charge on any atom is 0.121 e. The highest BCUT2D eigenvalue weighted by Crippen LogP contribution is 2.52. The Kier molecular flexibility index (Phi) is 1.98. The molecule has 0 aromatic carbocycles. The van der Waals surface area contributed by atoms with Crippen LogP contribution in [0.5, 0.6) is 0 Å². The molecule has 1 saturated heterocycles. The topological polar surface area (TPSA) is 53.0 Å². The van der Waals surface area contributed by atoms with Crippen molar-refractivity contribution in [2.24, 2.45) is 5.92 Å². The minimum Gasteiger partial charge on any atom is -0.394 e. The molecule has 1 saturated carbocycles. The molecule has 0 radical (unpaired) electrons. The third kappa shape index (κ3) is 1.23. The van der Waals surface area contributed by atoms with E-state index in [1.165, 1.54) is 0 Å². The molecule has 13 heavy (non-hydrogen) atoms. The van der Waals surface area contributed by atoms with Crippen LogP contribution in [0.15, 0.2) is 12.2 Å². The first kappa shape index (κ1) is 9.19. The zero-order valence-electron chi connectivity index (χ0n) is 7.86. The average Bonchev–Trinajstić information content (AvgIpc) is 2.75. The van der Waals surface area contributed by atoms with Crippen molar-refractivity contribution in [2.45, 2.75) is 37.6 Å². The van der Waals surface area contributed by atoms with Gasteiger partial charge in [0, 0.05) is 0 Å². The van der Waals surface area contributed by atoms with Crippen LogP contribution in [-0.2, 0) is 4.74 Å². The molecule has 3 nitrogen and oxygen atoms in total. The number of aliphatic hydroxyl groups excluding tert-OH is 2. The van der Waals surface area contributed by atoms with Crippen LogP contribution >= 0.6 is 0 Å². The number of epoxide rings is 1. The van der Waals surface area contributed by atoms with Crippen LogP contribution in [0.3, 0.4) is 0 Å². The van der Waals surface area contributed by atoms with Crippen LogP contribution in [0.25, 0.3) is 0 Å². The van der Waals surface area contributed by atoms with E-state index in [1.54, 1.807) is 0 Å². The quantitative estimate of drug-likeness (QED) is 0.460. The molecule has 1 aliphatic carbocycles. The Morgan fingerprint density at radius 2 is 2.38 bits per heavy atom. The third-order valence-corrected chi connectivity index (χ3v) is 3.20. The highest BCUT2D eigenvalue weighted by molar-refractivity contribution is 5.30. The van der Waals surface area contributed by atoms with Gasteiger partial charge < -0.3 is 14.9 Å². The smallest absolute Gasteiger partial charge is 0.121 e. The van der Waals surface area contributed by atoms with Gasteiger partial charge in [-0.2, -0.15) is 0 Å². The second-order valence-corrected chi connectivity index (χ2v) is 4.26. The molecule has 1 heterocycles. The van der Waals surface area contributed by atoms with Crippen LogP contribution in [0.4, 0.5) is 0 Å². The van der Waals surface area contributed by atoms with E-state index in [4.69, 9.17) is 9.84 Å². The normalized spacial score (nSPS) is 49.8. The van der Waals surface area contributed by atoms with Crippen LogP contribution in [0.2, 0.25) is 0 Å². The number of ether oxygens (including phenoxy) is 1. The fraction of sp³-hybridized carbons (Fsp3) is 0.800. The second kappa shape index (κ2) is 2.80. The van der Waals surface area contributed by atoms with E-state index in [9.17, 15) is 5.11 Å². The Hall–Kier alpha value is -0.380. The maximum atomic E-state index is 9.68. The summed E-state index contributed by atoms with van der Waals surface area (Å²) in [4.78, 5) is 0. The van der Waals surface area contributed by atoms with Gasteiger partial charge in [-0.3, -0.25) is 0 Å². The molecule has 2 rings (SSSR count). The van der Waals surface area contributed by atoms with E-state index < -0.39 is 11.7 Å². The molecule has 0 aromatic rings. The number of rotatable bonds is 1. The molecule has 0 bridgehead atoms. The fourth-order valence-corrected chi connectivity index (χ4v) is 2.40. The second-order valence-electron chi connectivity index (χ2n) is 4.26. The lowest BCUT2D eigenvalue weighted by Gasteiger charge is -2.31. The summed E-state index contributed by atoms with van der Waals surface area (Å²) in [6.45, 7) is 5.97. The van der Waals surface area contributed by atoms with Gasteiger partial charge >= 0.3 is 0 Å². The Balaban J connectivity index is 2.15. The monoisotopic (exact) mass is 184 g/mol. The lowest BCUT2D eigenvalue weighted by Crippen LogP contribution is -2.36. The zero-order valence-corrected chi connectivity index (χ0v) is 7.86. The largest absolute Gasteiger partial charge is 0.394 e. The molecule has 3 unspecified atom stereocenters. The molecule has 4 atom stereocenters. The summed E-state index contributed by atoms with van der Waals surface area (Å²) < 4.78 is 5.44. The van der Waals surface area contributed by atoms with Crippen molar-refractivity contribution in [3.8, 4) is 0 Å². The van der Waals surface area contributed by atoms with Gasteiger partial charge in [0.25, 0.3) is 0 Å². The summed E-state index contributed by atoms with van der Waals surface area (Å²) in [6.07, 6.45) is 1.06. The van der Waals surface area contributed by atoms with Gasteiger partial charge in [0.05, 0.1) is 12.7 Å². The summed E-state index contributed by atoms with van der Waals surface area (Å²) in [6, 6.07) is 0. The lowest BCUT2D eigenvalue weighted by atomic mass is 9.75. The zero-order chi connectivity index (χ0) is 9.64. The van der Waals surface area contributed by atoms with Crippen molar-refractivity contribution >= 4 is 0 Å². The van der Waals surface area contributed by atoms with Gasteiger partial charge in [-0.05, 0) is 24.3 Å². The Morgan fingerprint density at radius 3 is 2.92 bits per heavy atom. The minimum absolute atomic E-state index is 0.0263. The number of hydrogen-bond acceptors (Lipinski definition) is 3. The van der Waals surface area contributed by atoms with Gasteiger partial charge in [-0.15, -0.1) is 0 Å². The van der Waals surface area contributed by atoms with E-state index in [1.807, 2.05) is 0 Å². The van der Waals surface area contributed by atoms with Crippen LogP contribution in [0.1, 0.15) is 19.8 Å². The molecule has 0 aromatic heterocycles. The summed E-state index contributed by atoms with van der Waals surface area (Å²) in [5.74, 6) is 0.442. The Labute approximate surface area is 78.0 Å². The number of hydrogen-bond donors (Lipinski definition) is 2. The predicted molar refractivity (Wildman–Crippen MR) is 48.2 cm³/mol. The van der Waals surface area contributed by atoms with Crippen molar-refractivity contribution in [1.29, 1.82) is 0 Å². The molecule has 2 aliphatic rings. The highest BCUT2D eigenvalue weighted by Gasteiger charge is 2.61. The van der Waals surface area contributed by atoms with E-state index in [2.05, 4.69) is 13.5 Å². The molecule has 74 valence electrons. The highest BCUT2D eigenvalue weighted by atomic mass is 16.6. The van der Waals surface area contributed by atoms with Crippen molar-refractivity contribution in [2.75, 3.05) is 6.61 Å². The summed E-state index contributed by atoms with van der Waals surface area (Å²) in [7, 11) is 0. The van der Waals surface area contributed by atoms with Crippen LogP contribution < -0.4 is 0 Å². The van der Waals surface area contributed by atoms with Gasteiger partial charge in [0.15, 0.2) is 0 Å². The Morgan fingerprint density at radius 1 is 1.69 bits per heavy atom. The molecule has 0 amide bonds. The first-order chi connectivity index (χ1) is 6.10. The predicted octanol–water partition coefficient (Wildman–Crippen LogP) is 0.463. The molecular formula is C10H16O3. The van der Waals surface area contributed by atoms with Gasteiger partial charge in [-0.25, -0.2) is 0 Å². The first-order valence-electron chi connectivity index (χ1n) is 4.76. The molecule has 3 heteroatoms. The summed E-state index contributed by atoms with van der Waals surface area (Å²) in [5, 5.41) is 18.6.